The Morgan fingerprint density at radius 3 is 2.50 bits per heavy atom. The maximum atomic E-state index is 9.55. The van der Waals surface area contributed by atoms with Crippen molar-refractivity contribution in [2.45, 2.75) is 51.2 Å². The highest BCUT2D eigenvalue weighted by Crippen LogP contribution is 2.32. The molecule has 1 saturated carbocycles. The summed E-state index contributed by atoms with van der Waals surface area (Å²) in [5.74, 6) is 0. The Kier molecular flexibility index (Phi) is 4.52. The molecule has 0 aliphatic heterocycles. The van der Waals surface area contributed by atoms with Crippen LogP contribution in [0.25, 0.3) is 0 Å². The fourth-order valence-electron chi connectivity index (χ4n) is 2.73. The maximum absolute atomic E-state index is 9.55. The molecular formula is C15H22ClNO. The highest BCUT2D eigenvalue weighted by atomic mass is 35.5. The van der Waals surface area contributed by atoms with Gasteiger partial charge in [0, 0.05) is 13.1 Å². The minimum Gasteiger partial charge on any atom is -0.389 e. The number of halogens is 1. The van der Waals surface area contributed by atoms with E-state index >= 15 is 0 Å². The smallest absolute Gasteiger partial charge is 0.0762 e. The minimum atomic E-state index is -0.462. The summed E-state index contributed by atoms with van der Waals surface area (Å²) in [4.78, 5) is 2.30. The highest BCUT2D eigenvalue weighted by Gasteiger charge is 2.20. The summed E-state index contributed by atoms with van der Waals surface area (Å²) in [5, 5.41) is 10.3. The average molecular weight is 268 g/mol. The topological polar surface area (TPSA) is 23.5 Å². The molecule has 2 nitrogen and oxygen atoms in total. The van der Waals surface area contributed by atoms with Crippen LogP contribution in [0.2, 0.25) is 5.02 Å². The van der Waals surface area contributed by atoms with Crippen molar-refractivity contribution in [2.75, 3.05) is 11.9 Å². The molecule has 2 rings (SSSR count). The van der Waals surface area contributed by atoms with E-state index in [4.69, 9.17) is 11.6 Å². The van der Waals surface area contributed by atoms with E-state index in [1.165, 1.54) is 32.1 Å². The third-order valence-electron chi connectivity index (χ3n) is 3.96. The SMILES string of the molecule is CC(O)c1ccc(N(C)C2CCCCC2)c(Cl)c1. The van der Waals surface area contributed by atoms with Crippen LogP contribution in [-0.4, -0.2) is 18.2 Å². The molecule has 18 heavy (non-hydrogen) atoms. The van der Waals surface area contributed by atoms with E-state index in [0.717, 1.165) is 16.3 Å². The summed E-state index contributed by atoms with van der Waals surface area (Å²) >= 11 is 6.33. The number of hydrogen-bond acceptors (Lipinski definition) is 2. The number of aliphatic hydroxyl groups excluding tert-OH is 1. The molecule has 0 amide bonds. The molecule has 1 N–H and O–H groups in total. The van der Waals surface area contributed by atoms with Gasteiger partial charge in [-0.1, -0.05) is 36.9 Å². The average Bonchev–Trinajstić information content (AvgIpc) is 2.38. The zero-order valence-electron chi connectivity index (χ0n) is 11.2. The maximum Gasteiger partial charge on any atom is 0.0762 e. The molecule has 1 aliphatic rings. The Morgan fingerprint density at radius 1 is 1.28 bits per heavy atom. The van der Waals surface area contributed by atoms with Crippen LogP contribution in [0.3, 0.4) is 0 Å². The summed E-state index contributed by atoms with van der Waals surface area (Å²) in [5.41, 5.74) is 1.95. The molecule has 1 aromatic carbocycles. The summed E-state index contributed by atoms with van der Waals surface area (Å²) in [7, 11) is 2.12. The summed E-state index contributed by atoms with van der Waals surface area (Å²) < 4.78 is 0. The van der Waals surface area contributed by atoms with Gasteiger partial charge in [-0.25, -0.2) is 0 Å². The highest BCUT2D eigenvalue weighted by molar-refractivity contribution is 6.33. The van der Waals surface area contributed by atoms with Crippen LogP contribution in [0.15, 0.2) is 18.2 Å². The van der Waals surface area contributed by atoms with E-state index in [1.54, 1.807) is 6.92 Å². The Hall–Kier alpha value is -0.730. The van der Waals surface area contributed by atoms with Gasteiger partial charge < -0.3 is 10.0 Å². The summed E-state index contributed by atoms with van der Waals surface area (Å²) in [6.07, 6.45) is 6.04. The molecule has 0 heterocycles. The molecule has 1 aromatic rings. The molecule has 1 unspecified atom stereocenters. The van der Waals surface area contributed by atoms with Crippen molar-refractivity contribution in [2.24, 2.45) is 0 Å². The van der Waals surface area contributed by atoms with E-state index in [2.05, 4.69) is 11.9 Å². The van der Waals surface area contributed by atoms with Gasteiger partial charge in [0.2, 0.25) is 0 Å². The van der Waals surface area contributed by atoms with Gasteiger partial charge >= 0.3 is 0 Å². The molecule has 0 aromatic heterocycles. The molecule has 0 spiro atoms. The number of nitrogens with zero attached hydrogens (tertiary/aromatic N) is 1. The largest absolute Gasteiger partial charge is 0.389 e. The second kappa shape index (κ2) is 5.94. The predicted molar refractivity (Wildman–Crippen MR) is 77.4 cm³/mol. The lowest BCUT2D eigenvalue weighted by molar-refractivity contribution is 0.199. The normalized spacial score (nSPS) is 18.7. The van der Waals surface area contributed by atoms with Gasteiger partial charge in [0.05, 0.1) is 16.8 Å². The van der Waals surface area contributed by atoms with Crippen molar-refractivity contribution in [1.82, 2.24) is 0 Å². The molecule has 0 radical (unpaired) electrons. The van der Waals surface area contributed by atoms with Gasteiger partial charge in [0.25, 0.3) is 0 Å². The first-order valence-electron chi connectivity index (χ1n) is 6.80. The molecule has 1 atom stereocenters. The molecule has 3 heteroatoms. The minimum absolute atomic E-state index is 0.462. The van der Waals surface area contributed by atoms with Crippen LogP contribution < -0.4 is 4.90 Å². The van der Waals surface area contributed by atoms with Gasteiger partial charge in [-0.2, -0.15) is 0 Å². The first-order valence-corrected chi connectivity index (χ1v) is 7.17. The Balaban J connectivity index is 2.16. The van der Waals surface area contributed by atoms with E-state index < -0.39 is 6.10 Å². The van der Waals surface area contributed by atoms with Crippen LogP contribution >= 0.6 is 11.6 Å². The number of aliphatic hydroxyl groups is 1. The first-order chi connectivity index (χ1) is 8.59. The second-order valence-electron chi connectivity index (χ2n) is 5.29. The van der Waals surface area contributed by atoms with Crippen molar-refractivity contribution in [3.8, 4) is 0 Å². The zero-order chi connectivity index (χ0) is 13.1. The lowest BCUT2D eigenvalue weighted by atomic mass is 9.94. The van der Waals surface area contributed by atoms with E-state index in [1.807, 2.05) is 18.2 Å². The number of benzene rings is 1. The van der Waals surface area contributed by atoms with Gasteiger partial charge in [-0.05, 0) is 37.5 Å². The van der Waals surface area contributed by atoms with Crippen molar-refractivity contribution in [3.63, 3.8) is 0 Å². The molecule has 1 fully saturated rings. The Morgan fingerprint density at radius 2 is 1.94 bits per heavy atom. The lowest BCUT2D eigenvalue weighted by Gasteiger charge is -2.33. The molecule has 100 valence electrons. The van der Waals surface area contributed by atoms with Crippen molar-refractivity contribution in [1.29, 1.82) is 0 Å². The fourth-order valence-corrected chi connectivity index (χ4v) is 3.06. The Labute approximate surface area is 115 Å². The van der Waals surface area contributed by atoms with E-state index in [0.29, 0.717) is 6.04 Å². The standard InChI is InChI=1S/C15H22ClNO/c1-11(18)12-8-9-15(14(16)10-12)17(2)13-6-4-3-5-7-13/h8-11,13,18H,3-7H2,1-2H3. The van der Waals surface area contributed by atoms with Crippen molar-refractivity contribution >= 4 is 17.3 Å². The first kappa shape index (κ1) is 13.7. The fraction of sp³-hybridized carbons (Fsp3) is 0.600. The van der Waals surface area contributed by atoms with Crippen LogP contribution in [0, 0.1) is 0 Å². The van der Waals surface area contributed by atoms with E-state index in [9.17, 15) is 5.11 Å². The number of anilines is 1. The third kappa shape index (κ3) is 2.99. The second-order valence-corrected chi connectivity index (χ2v) is 5.70. The van der Waals surface area contributed by atoms with Crippen molar-refractivity contribution in [3.05, 3.63) is 28.8 Å². The summed E-state index contributed by atoms with van der Waals surface area (Å²) in [6, 6.07) is 6.47. The van der Waals surface area contributed by atoms with E-state index in [-0.39, 0.29) is 0 Å². The van der Waals surface area contributed by atoms with Crippen LogP contribution in [0.5, 0.6) is 0 Å². The van der Waals surface area contributed by atoms with Crippen molar-refractivity contribution < 1.29 is 5.11 Å². The van der Waals surface area contributed by atoms with Crippen LogP contribution in [0.1, 0.15) is 50.7 Å². The number of rotatable bonds is 3. The quantitative estimate of drug-likeness (QED) is 0.889. The van der Waals surface area contributed by atoms with Gasteiger partial charge in [-0.15, -0.1) is 0 Å². The lowest BCUT2D eigenvalue weighted by Crippen LogP contribution is -2.33. The Bertz CT molecular complexity index is 399. The van der Waals surface area contributed by atoms with Gasteiger partial charge in [0.1, 0.15) is 0 Å². The monoisotopic (exact) mass is 267 g/mol. The molecule has 1 aliphatic carbocycles. The van der Waals surface area contributed by atoms with Gasteiger partial charge in [0.15, 0.2) is 0 Å². The third-order valence-corrected chi connectivity index (χ3v) is 4.26. The van der Waals surface area contributed by atoms with Crippen LogP contribution in [-0.2, 0) is 0 Å². The predicted octanol–water partition coefficient (Wildman–Crippen LogP) is 4.16. The van der Waals surface area contributed by atoms with Crippen LogP contribution in [0.4, 0.5) is 5.69 Å². The molecular weight excluding hydrogens is 246 g/mol. The molecule has 0 saturated heterocycles. The number of hydrogen-bond donors (Lipinski definition) is 1. The molecule has 0 bridgehead atoms. The van der Waals surface area contributed by atoms with Gasteiger partial charge in [-0.3, -0.25) is 0 Å². The summed E-state index contributed by atoms with van der Waals surface area (Å²) in [6.45, 7) is 1.76. The zero-order valence-corrected chi connectivity index (χ0v) is 12.0.